The van der Waals surface area contributed by atoms with Crippen LogP contribution in [0.4, 0.5) is 0 Å². The minimum atomic E-state index is 0.0653. The molecule has 0 atom stereocenters. The molecule has 0 fully saturated rings. The maximum atomic E-state index is 11.7. The van der Waals surface area contributed by atoms with Gasteiger partial charge in [0.2, 0.25) is 0 Å². The molecule has 0 unspecified atom stereocenters. The van der Waals surface area contributed by atoms with Crippen LogP contribution >= 0.6 is 0 Å². The van der Waals surface area contributed by atoms with E-state index in [4.69, 9.17) is 19.9 Å². The number of benzene rings is 5. The van der Waals surface area contributed by atoms with Gasteiger partial charge in [-0.1, -0.05) is 72.8 Å². The Labute approximate surface area is 358 Å². The Morgan fingerprint density at radius 1 is 0.317 bits per heavy atom. The third-order valence-corrected chi connectivity index (χ3v) is 12.0. The summed E-state index contributed by atoms with van der Waals surface area (Å²) in [5, 5.41) is 40.0. The van der Waals surface area contributed by atoms with Gasteiger partial charge in [-0.15, -0.1) is 0 Å². The lowest BCUT2D eigenvalue weighted by molar-refractivity contribution is 1.03. The van der Waals surface area contributed by atoms with E-state index in [9.17, 15) is 15.8 Å². The Balaban J connectivity index is 1.32. The molecule has 10 heteroatoms. The second-order valence-corrected chi connectivity index (χ2v) is 15.2. The van der Waals surface area contributed by atoms with Crippen molar-refractivity contribution in [1.29, 1.82) is 15.8 Å². The number of fused-ring (bicyclic) bond motifs is 9. The lowest BCUT2D eigenvalue weighted by Gasteiger charge is -2.22. The van der Waals surface area contributed by atoms with Crippen molar-refractivity contribution in [3.05, 3.63) is 187 Å². The predicted octanol–water partition coefficient (Wildman–Crippen LogP) is 11.5. The van der Waals surface area contributed by atoms with E-state index in [1.54, 1.807) is 33.9 Å². The van der Waals surface area contributed by atoms with E-state index in [2.05, 4.69) is 66.7 Å². The highest BCUT2D eigenvalue weighted by atomic mass is 15.1. The third-order valence-electron chi connectivity index (χ3n) is 12.0. The standard InChI is InChI=1S/C53H28N10/c54-29-42-47(61-45-21-19-34(32-11-3-1-4-12-32)27-40(45)41-28-35(20-22-46(41)61)33-13-5-2-6-14-33)43(30-55)49(63-52-38(17-9-25-59-52)39-18-10-26-60-53(39)63)44(31-56)48(42)62-50-36(15-7-23-57-50)37-16-8-24-58-51(37)62/h1-28H. The molecular formula is C53H28N10. The van der Waals surface area contributed by atoms with Crippen LogP contribution in [0.2, 0.25) is 0 Å². The maximum Gasteiger partial charge on any atom is 0.146 e. The predicted molar refractivity (Wildman–Crippen MR) is 246 cm³/mol. The lowest BCUT2D eigenvalue weighted by Crippen LogP contribution is -2.15. The van der Waals surface area contributed by atoms with Crippen LogP contribution in [0.1, 0.15) is 16.7 Å². The van der Waals surface area contributed by atoms with Gasteiger partial charge in [0.15, 0.2) is 0 Å². The molecule has 0 aliphatic carbocycles. The molecular weight excluding hydrogens is 777 g/mol. The molecule has 0 saturated heterocycles. The van der Waals surface area contributed by atoms with E-state index in [0.717, 1.165) is 65.6 Å². The highest BCUT2D eigenvalue weighted by Crippen LogP contribution is 2.45. The van der Waals surface area contributed by atoms with Gasteiger partial charge >= 0.3 is 0 Å². The van der Waals surface area contributed by atoms with Crippen LogP contribution in [-0.4, -0.2) is 33.6 Å². The number of hydrogen-bond acceptors (Lipinski definition) is 7. The van der Waals surface area contributed by atoms with Gasteiger partial charge in [0.05, 0.1) is 28.1 Å². The van der Waals surface area contributed by atoms with E-state index in [1.807, 2.05) is 102 Å². The normalized spacial score (nSPS) is 11.4. The number of rotatable bonds is 5. The van der Waals surface area contributed by atoms with E-state index in [0.29, 0.717) is 28.3 Å². The highest BCUT2D eigenvalue weighted by Gasteiger charge is 2.33. The molecule has 7 aromatic heterocycles. The smallest absolute Gasteiger partial charge is 0.146 e. The Hall–Kier alpha value is -9.43. The lowest BCUT2D eigenvalue weighted by atomic mass is 9.96. The zero-order valence-electron chi connectivity index (χ0n) is 33.1. The van der Waals surface area contributed by atoms with Crippen molar-refractivity contribution < 1.29 is 0 Å². The summed E-state index contributed by atoms with van der Waals surface area (Å²) in [5.41, 5.74) is 8.70. The van der Waals surface area contributed by atoms with Crippen LogP contribution < -0.4 is 0 Å². The zero-order chi connectivity index (χ0) is 42.2. The van der Waals surface area contributed by atoms with Crippen LogP contribution in [0.15, 0.2) is 170 Å². The number of hydrogen-bond donors (Lipinski definition) is 0. The number of aromatic nitrogens is 7. The zero-order valence-corrected chi connectivity index (χ0v) is 33.1. The molecule has 0 spiro atoms. The van der Waals surface area contributed by atoms with Crippen molar-refractivity contribution in [2.24, 2.45) is 0 Å². The summed E-state index contributed by atoms with van der Waals surface area (Å²) in [6.45, 7) is 0. The van der Waals surface area contributed by atoms with Crippen LogP contribution in [0.5, 0.6) is 0 Å². The summed E-state index contributed by atoms with van der Waals surface area (Å²) < 4.78 is 5.59. The largest absolute Gasteiger partial charge is 0.306 e. The summed E-state index contributed by atoms with van der Waals surface area (Å²) in [5.74, 6) is 0. The summed E-state index contributed by atoms with van der Waals surface area (Å²) in [6, 6.07) is 55.7. The Kier molecular flexibility index (Phi) is 7.79. The summed E-state index contributed by atoms with van der Waals surface area (Å²) in [6.07, 6.45) is 6.74. The van der Waals surface area contributed by atoms with E-state index in [1.165, 1.54) is 0 Å². The summed E-state index contributed by atoms with van der Waals surface area (Å²) in [7, 11) is 0. The maximum absolute atomic E-state index is 11.7. The fourth-order valence-electron chi connectivity index (χ4n) is 9.35. The van der Waals surface area contributed by atoms with Crippen molar-refractivity contribution in [2.45, 2.75) is 0 Å². The van der Waals surface area contributed by atoms with Gasteiger partial charge in [-0.3, -0.25) is 9.13 Å². The molecule has 0 bridgehead atoms. The number of nitriles is 3. The van der Waals surface area contributed by atoms with Crippen molar-refractivity contribution in [2.75, 3.05) is 0 Å². The minimum Gasteiger partial charge on any atom is -0.306 e. The van der Waals surface area contributed by atoms with Gasteiger partial charge in [0.1, 0.15) is 57.5 Å². The molecule has 0 radical (unpaired) electrons. The summed E-state index contributed by atoms with van der Waals surface area (Å²) in [4.78, 5) is 19.4. The van der Waals surface area contributed by atoms with Crippen LogP contribution in [0.25, 0.3) is 105 Å². The molecule has 12 aromatic rings. The van der Waals surface area contributed by atoms with Crippen molar-refractivity contribution in [1.82, 2.24) is 33.6 Å². The molecule has 12 rings (SSSR count). The van der Waals surface area contributed by atoms with E-state index < -0.39 is 0 Å². The van der Waals surface area contributed by atoms with Gasteiger partial charge < -0.3 is 4.57 Å². The molecule has 0 aliphatic rings. The van der Waals surface area contributed by atoms with E-state index in [-0.39, 0.29) is 28.1 Å². The second-order valence-electron chi connectivity index (χ2n) is 15.2. The monoisotopic (exact) mass is 804 g/mol. The number of pyridine rings is 4. The first-order valence-electron chi connectivity index (χ1n) is 20.2. The molecule has 10 nitrogen and oxygen atoms in total. The highest BCUT2D eigenvalue weighted by molar-refractivity contribution is 6.13. The Morgan fingerprint density at radius 3 is 0.984 bits per heavy atom. The molecule has 290 valence electrons. The molecule has 7 heterocycles. The molecule has 0 aliphatic heterocycles. The van der Waals surface area contributed by atoms with Crippen LogP contribution in [-0.2, 0) is 0 Å². The van der Waals surface area contributed by atoms with Gasteiger partial charge in [0, 0.05) is 57.1 Å². The quantitative estimate of drug-likeness (QED) is 0.169. The van der Waals surface area contributed by atoms with Gasteiger partial charge in [-0.2, -0.15) is 15.8 Å². The fraction of sp³-hybridized carbons (Fsp3) is 0. The van der Waals surface area contributed by atoms with Gasteiger partial charge in [0.25, 0.3) is 0 Å². The topological polar surface area (TPSA) is 138 Å². The first-order valence-corrected chi connectivity index (χ1v) is 20.2. The fourth-order valence-corrected chi connectivity index (χ4v) is 9.35. The first-order chi connectivity index (χ1) is 31.2. The summed E-state index contributed by atoms with van der Waals surface area (Å²) >= 11 is 0. The average Bonchev–Trinajstić information content (AvgIpc) is 3.98. The van der Waals surface area contributed by atoms with Crippen molar-refractivity contribution in [3.8, 4) is 57.5 Å². The van der Waals surface area contributed by atoms with Gasteiger partial charge in [-0.25, -0.2) is 19.9 Å². The Bertz CT molecular complexity index is 3650. The average molecular weight is 805 g/mol. The minimum absolute atomic E-state index is 0.0653. The van der Waals surface area contributed by atoms with Crippen LogP contribution in [0, 0.1) is 34.0 Å². The molecule has 63 heavy (non-hydrogen) atoms. The second kappa shape index (κ2) is 13.8. The molecule has 5 aromatic carbocycles. The SMILES string of the molecule is N#Cc1c(-n2c3ccc(-c4ccccc4)cc3c3cc(-c4ccccc4)ccc32)c(C#N)c(-n2c3ncccc3c3cccnc32)c(C#N)c1-n1c2ncccc2c2cccnc21. The number of nitrogens with zero attached hydrogens (tertiary/aromatic N) is 10. The molecule has 0 N–H and O–H groups in total. The first kappa shape index (κ1) is 35.5. The van der Waals surface area contributed by atoms with Crippen LogP contribution in [0.3, 0.4) is 0 Å². The van der Waals surface area contributed by atoms with Crippen molar-refractivity contribution in [3.63, 3.8) is 0 Å². The molecule has 0 saturated carbocycles. The van der Waals surface area contributed by atoms with E-state index >= 15 is 0 Å². The molecule has 0 amide bonds. The van der Waals surface area contributed by atoms with Crippen molar-refractivity contribution >= 4 is 65.9 Å². The third kappa shape index (κ3) is 5.09. The Morgan fingerprint density at radius 2 is 0.651 bits per heavy atom. The van der Waals surface area contributed by atoms with Gasteiger partial charge in [-0.05, 0) is 95.1 Å².